The Labute approximate surface area is 167 Å². The van der Waals surface area contributed by atoms with Crippen LogP contribution in [-0.4, -0.2) is 18.7 Å². The number of halogens is 1. The molecule has 0 aliphatic heterocycles. The molecule has 0 aliphatic rings. The smallest absolute Gasteiger partial charge is 0.119 e. The molecule has 0 spiro atoms. The molecule has 0 amide bonds. The van der Waals surface area contributed by atoms with Gasteiger partial charge in [-0.2, -0.15) is 0 Å². The summed E-state index contributed by atoms with van der Waals surface area (Å²) in [5.74, 6) is 0.949. The maximum atomic E-state index is 5.85. The number of nitrogens with one attached hydrogen (secondary N) is 1. The molecule has 1 aromatic rings. The highest BCUT2D eigenvalue weighted by molar-refractivity contribution is 14.0. The summed E-state index contributed by atoms with van der Waals surface area (Å²) in [5.41, 5.74) is 0.0238. The molecule has 0 aliphatic carbocycles. The Morgan fingerprint density at radius 3 is 1.96 bits per heavy atom. The van der Waals surface area contributed by atoms with Crippen molar-refractivity contribution < 1.29 is 4.74 Å². The minimum Gasteiger partial charge on any atom is -0.492 e. The zero-order valence-electron chi connectivity index (χ0n) is 16.0. The van der Waals surface area contributed by atoms with Crippen molar-refractivity contribution in [1.29, 1.82) is 0 Å². The summed E-state index contributed by atoms with van der Waals surface area (Å²) in [5, 5.41) is 3.62. The van der Waals surface area contributed by atoms with Gasteiger partial charge in [0.2, 0.25) is 0 Å². The topological polar surface area (TPSA) is 21.3 Å². The molecule has 0 radical (unpaired) electrons. The van der Waals surface area contributed by atoms with Crippen LogP contribution in [0.3, 0.4) is 0 Å². The Morgan fingerprint density at radius 1 is 0.833 bits per heavy atom. The molecule has 24 heavy (non-hydrogen) atoms. The average molecular weight is 447 g/mol. The monoisotopic (exact) mass is 447 g/mol. The standard InChI is InChI=1S/C21H37NO.HI/c1-4-5-6-7-8-9-10-11-15-18-22-21(2,3)19-23-20-16-13-12-14-17-20;/h12-14,16-17,22H,4-11,15,18-19H2,1-3H3;1H. The number of ether oxygens (including phenoxy) is 1. The van der Waals surface area contributed by atoms with Gasteiger partial charge in [-0.1, -0.05) is 76.5 Å². The van der Waals surface area contributed by atoms with Gasteiger partial charge in [0.15, 0.2) is 0 Å². The molecule has 140 valence electrons. The molecule has 2 nitrogen and oxygen atoms in total. The lowest BCUT2D eigenvalue weighted by Crippen LogP contribution is -2.45. The Morgan fingerprint density at radius 2 is 1.38 bits per heavy atom. The van der Waals surface area contributed by atoms with Crippen LogP contribution in [0.2, 0.25) is 0 Å². The third-order valence-electron chi connectivity index (χ3n) is 4.23. The number of para-hydroxylation sites is 1. The second kappa shape index (κ2) is 15.0. The average Bonchev–Trinajstić information content (AvgIpc) is 2.56. The van der Waals surface area contributed by atoms with Gasteiger partial charge in [-0.15, -0.1) is 24.0 Å². The summed E-state index contributed by atoms with van der Waals surface area (Å²) in [7, 11) is 0. The van der Waals surface area contributed by atoms with Gasteiger partial charge in [-0.3, -0.25) is 0 Å². The number of unbranched alkanes of at least 4 members (excludes halogenated alkanes) is 8. The SMILES string of the molecule is CCCCCCCCCCCNC(C)(C)COc1ccccc1.I. The summed E-state index contributed by atoms with van der Waals surface area (Å²) >= 11 is 0. The van der Waals surface area contributed by atoms with Crippen LogP contribution in [0.4, 0.5) is 0 Å². The van der Waals surface area contributed by atoms with Crippen LogP contribution in [0.25, 0.3) is 0 Å². The van der Waals surface area contributed by atoms with E-state index in [4.69, 9.17) is 4.74 Å². The Balaban J connectivity index is 0.00000529. The van der Waals surface area contributed by atoms with Crippen molar-refractivity contribution in [3.8, 4) is 5.75 Å². The molecule has 1 N–H and O–H groups in total. The molecule has 0 saturated carbocycles. The molecule has 3 heteroatoms. The lowest BCUT2D eigenvalue weighted by molar-refractivity contribution is 0.208. The zero-order chi connectivity index (χ0) is 16.8. The predicted molar refractivity (Wildman–Crippen MR) is 117 cm³/mol. The van der Waals surface area contributed by atoms with E-state index in [9.17, 15) is 0 Å². The second-order valence-corrected chi connectivity index (χ2v) is 7.24. The number of hydrogen-bond acceptors (Lipinski definition) is 2. The van der Waals surface area contributed by atoms with Crippen LogP contribution in [0.5, 0.6) is 5.75 Å². The maximum Gasteiger partial charge on any atom is 0.119 e. The molecular weight excluding hydrogens is 409 g/mol. The lowest BCUT2D eigenvalue weighted by Gasteiger charge is -2.26. The Bertz CT molecular complexity index is 381. The fourth-order valence-corrected chi connectivity index (χ4v) is 2.69. The van der Waals surface area contributed by atoms with Gasteiger partial charge in [0.05, 0.1) is 0 Å². The highest BCUT2D eigenvalue weighted by Gasteiger charge is 2.17. The molecule has 0 bridgehead atoms. The van der Waals surface area contributed by atoms with Crippen molar-refractivity contribution in [2.24, 2.45) is 0 Å². The largest absolute Gasteiger partial charge is 0.492 e. The molecule has 0 saturated heterocycles. The molecule has 0 fully saturated rings. The molecular formula is C21H38INO. The molecule has 1 aromatic carbocycles. The van der Waals surface area contributed by atoms with Gasteiger partial charge in [-0.25, -0.2) is 0 Å². The first-order valence-corrected chi connectivity index (χ1v) is 9.57. The summed E-state index contributed by atoms with van der Waals surface area (Å²) < 4.78 is 5.85. The minimum atomic E-state index is 0. The van der Waals surface area contributed by atoms with Crippen molar-refractivity contribution in [2.45, 2.75) is 84.1 Å². The lowest BCUT2D eigenvalue weighted by atomic mass is 10.1. The van der Waals surface area contributed by atoms with E-state index in [1.54, 1.807) is 0 Å². The van der Waals surface area contributed by atoms with Crippen LogP contribution in [0.1, 0.15) is 78.6 Å². The zero-order valence-corrected chi connectivity index (χ0v) is 18.3. The van der Waals surface area contributed by atoms with E-state index in [0.29, 0.717) is 6.61 Å². The minimum absolute atomic E-state index is 0. The summed E-state index contributed by atoms with van der Waals surface area (Å²) in [6.07, 6.45) is 12.4. The highest BCUT2D eigenvalue weighted by Crippen LogP contribution is 2.13. The van der Waals surface area contributed by atoms with Crippen molar-refractivity contribution >= 4 is 24.0 Å². The first kappa shape index (κ1) is 23.7. The quantitative estimate of drug-likeness (QED) is 0.257. The van der Waals surface area contributed by atoms with Crippen molar-refractivity contribution in [3.63, 3.8) is 0 Å². The van der Waals surface area contributed by atoms with E-state index >= 15 is 0 Å². The first-order valence-electron chi connectivity index (χ1n) is 9.57. The van der Waals surface area contributed by atoms with Crippen LogP contribution in [0, 0.1) is 0 Å². The maximum absolute atomic E-state index is 5.85. The van der Waals surface area contributed by atoms with E-state index in [1.165, 1.54) is 57.8 Å². The van der Waals surface area contributed by atoms with Crippen molar-refractivity contribution in [1.82, 2.24) is 5.32 Å². The van der Waals surface area contributed by atoms with Crippen molar-refractivity contribution in [2.75, 3.05) is 13.2 Å². The molecule has 0 heterocycles. The summed E-state index contributed by atoms with van der Waals surface area (Å²) in [6, 6.07) is 10.1. The summed E-state index contributed by atoms with van der Waals surface area (Å²) in [4.78, 5) is 0. The summed E-state index contributed by atoms with van der Waals surface area (Å²) in [6.45, 7) is 8.49. The van der Waals surface area contributed by atoms with Crippen LogP contribution in [-0.2, 0) is 0 Å². The number of rotatable bonds is 14. The second-order valence-electron chi connectivity index (χ2n) is 7.24. The van der Waals surface area contributed by atoms with Crippen LogP contribution < -0.4 is 10.1 Å². The molecule has 0 aromatic heterocycles. The highest BCUT2D eigenvalue weighted by atomic mass is 127. The third kappa shape index (κ3) is 13.1. The normalized spacial score (nSPS) is 11.1. The fourth-order valence-electron chi connectivity index (χ4n) is 2.69. The van der Waals surface area contributed by atoms with E-state index in [2.05, 4.69) is 26.1 Å². The Kier molecular flexibility index (Phi) is 14.8. The fraction of sp³-hybridized carbons (Fsp3) is 0.714. The van der Waals surface area contributed by atoms with Crippen LogP contribution >= 0.6 is 24.0 Å². The van der Waals surface area contributed by atoms with Crippen LogP contribution in [0.15, 0.2) is 30.3 Å². The predicted octanol–water partition coefficient (Wildman–Crippen LogP) is 6.58. The van der Waals surface area contributed by atoms with E-state index in [-0.39, 0.29) is 29.5 Å². The third-order valence-corrected chi connectivity index (χ3v) is 4.23. The van der Waals surface area contributed by atoms with Gasteiger partial charge in [0, 0.05) is 5.54 Å². The van der Waals surface area contributed by atoms with Crippen molar-refractivity contribution in [3.05, 3.63) is 30.3 Å². The first-order chi connectivity index (χ1) is 11.1. The Hall–Kier alpha value is -0.290. The van der Waals surface area contributed by atoms with Gasteiger partial charge in [0.1, 0.15) is 12.4 Å². The number of hydrogen-bond donors (Lipinski definition) is 1. The molecule has 0 atom stereocenters. The van der Waals surface area contributed by atoms with E-state index < -0.39 is 0 Å². The van der Waals surface area contributed by atoms with Gasteiger partial charge in [0.25, 0.3) is 0 Å². The molecule has 1 rings (SSSR count). The van der Waals surface area contributed by atoms with E-state index in [0.717, 1.165) is 12.3 Å². The molecule has 0 unspecified atom stereocenters. The van der Waals surface area contributed by atoms with Gasteiger partial charge >= 0.3 is 0 Å². The van der Waals surface area contributed by atoms with Gasteiger partial charge in [-0.05, 0) is 38.9 Å². The van der Waals surface area contributed by atoms with Gasteiger partial charge < -0.3 is 10.1 Å². The number of benzene rings is 1. The van der Waals surface area contributed by atoms with E-state index in [1.807, 2.05) is 30.3 Å².